The number of amides is 2. The van der Waals surface area contributed by atoms with Gasteiger partial charge in [0.15, 0.2) is 0 Å². The maximum absolute atomic E-state index is 12.6. The minimum absolute atomic E-state index is 0.0133. The number of unbranched alkanes of at least 4 members (excludes halogenated alkanes) is 1. The Morgan fingerprint density at radius 1 is 1.21 bits per heavy atom. The molecule has 1 aliphatic heterocycles. The number of hydrogen-bond donors (Lipinski definition) is 2. The second-order valence-electron chi connectivity index (χ2n) is 8.05. The Morgan fingerprint density at radius 3 is 2.64 bits per heavy atom. The Hall–Kier alpha value is -1.59. The molecule has 1 aromatic rings. The van der Waals surface area contributed by atoms with Crippen LogP contribution in [-0.2, 0) is 4.79 Å². The fourth-order valence-electron chi connectivity index (χ4n) is 3.65. The Morgan fingerprint density at radius 2 is 1.96 bits per heavy atom. The largest absolute Gasteiger partial charge is 0.354 e. The van der Waals surface area contributed by atoms with Gasteiger partial charge in [-0.1, -0.05) is 44.0 Å². The first-order chi connectivity index (χ1) is 13.4. The summed E-state index contributed by atoms with van der Waals surface area (Å²) in [5, 5.41) is 6.19. The highest BCUT2D eigenvalue weighted by molar-refractivity contribution is 6.33. The van der Waals surface area contributed by atoms with Crippen molar-refractivity contribution in [1.82, 2.24) is 15.5 Å². The highest BCUT2D eigenvalue weighted by Gasteiger charge is 2.25. The first kappa shape index (κ1) is 22.7. The molecule has 2 atom stereocenters. The Kier molecular flexibility index (Phi) is 9.26. The predicted molar refractivity (Wildman–Crippen MR) is 115 cm³/mol. The summed E-state index contributed by atoms with van der Waals surface area (Å²) in [6.07, 6.45) is 5.94. The van der Waals surface area contributed by atoms with Gasteiger partial charge in [-0.05, 0) is 63.7 Å². The monoisotopic (exact) mass is 407 g/mol. The van der Waals surface area contributed by atoms with Crippen LogP contribution in [0.2, 0.25) is 5.02 Å². The Bertz CT molecular complexity index is 650. The van der Waals surface area contributed by atoms with Gasteiger partial charge in [-0.3, -0.25) is 9.59 Å². The molecular formula is C22H34ClN3O2. The van der Waals surface area contributed by atoms with Gasteiger partial charge in [-0.25, -0.2) is 0 Å². The zero-order chi connectivity index (χ0) is 20.5. The summed E-state index contributed by atoms with van der Waals surface area (Å²) in [6, 6.07) is 6.96. The van der Waals surface area contributed by atoms with Gasteiger partial charge in [-0.2, -0.15) is 0 Å². The molecule has 6 heteroatoms. The number of hydrogen-bond acceptors (Lipinski definition) is 3. The highest BCUT2D eigenvalue weighted by atomic mass is 35.5. The third-order valence-corrected chi connectivity index (χ3v) is 5.80. The van der Waals surface area contributed by atoms with E-state index in [4.69, 9.17) is 11.6 Å². The molecule has 2 N–H and O–H groups in total. The van der Waals surface area contributed by atoms with Crippen LogP contribution in [-0.4, -0.2) is 48.4 Å². The minimum atomic E-state index is -0.578. The van der Waals surface area contributed by atoms with E-state index in [1.54, 1.807) is 24.3 Å². The average Bonchev–Trinajstić information content (AvgIpc) is 2.67. The van der Waals surface area contributed by atoms with Crippen molar-refractivity contribution in [1.29, 1.82) is 0 Å². The third-order valence-electron chi connectivity index (χ3n) is 5.47. The first-order valence-corrected chi connectivity index (χ1v) is 10.8. The maximum Gasteiger partial charge on any atom is 0.253 e. The van der Waals surface area contributed by atoms with E-state index < -0.39 is 6.04 Å². The van der Waals surface area contributed by atoms with Gasteiger partial charge >= 0.3 is 0 Å². The van der Waals surface area contributed by atoms with E-state index >= 15 is 0 Å². The first-order valence-electron chi connectivity index (χ1n) is 10.5. The van der Waals surface area contributed by atoms with E-state index in [0.717, 1.165) is 19.4 Å². The lowest BCUT2D eigenvalue weighted by atomic mass is 10.0. The number of nitrogens with one attached hydrogen (secondary N) is 2. The number of piperidine rings is 1. The smallest absolute Gasteiger partial charge is 0.253 e. The minimum Gasteiger partial charge on any atom is -0.354 e. The lowest BCUT2D eigenvalue weighted by Gasteiger charge is -2.33. The summed E-state index contributed by atoms with van der Waals surface area (Å²) in [6.45, 7) is 9.07. The van der Waals surface area contributed by atoms with Gasteiger partial charge in [0.25, 0.3) is 5.91 Å². The molecule has 0 bridgehead atoms. The van der Waals surface area contributed by atoms with Crippen LogP contribution < -0.4 is 10.6 Å². The second-order valence-corrected chi connectivity index (χ2v) is 8.46. The Balaban J connectivity index is 1.76. The summed E-state index contributed by atoms with van der Waals surface area (Å²) in [4.78, 5) is 27.6. The van der Waals surface area contributed by atoms with Crippen molar-refractivity contribution in [2.45, 2.75) is 65.0 Å². The van der Waals surface area contributed by atoms with Crippen LogP contribution in [0.1, 0.15) is 63.2 Å². The van der Waals surface area contributed by atoms with E-state index in [0.29, 0.717) is 23.2 Å². The van der Waals surface area contributed by atoms with Crippen molar-refractivity contribution in [2.24, 2.45) is 5.92 Å². The van der Waals surface area contributed by atoms with Crippen LogP contribution in [0.15, 0.2) is 24.3 Å². The molecule has 0 aromatic heterocycles. The fraction of sp³-hybridized carbons (Fsp3) is 0.636. The number of halogens is 1. The van der Waals surface area contributed by atoms with Crippen molar-refractivity contribution in [3.05, 3.63) is 34.9 Å². The standard InChI is InChI=1S/C22H34ClN3O2/c1-16(2)20(25-21(27)18-11-4-5-12-19(18)23)22(28)24-13-7-9-15-26-14-8-6-10-17(26)3/h4-5,11-12,16-17,20H,6-10,13-15H2,1-3H3,(H,24,28)(H,25,27)/t17-,20-/m1/s1. The third kappa shape index (κ3) is 6.78. The molecular weight excluding hydrogens is 374 g/mol. The number of nitrogens with zero attached hydrogens (tertiary/aromatic N) is 1. The van der Waals surface area contributed by atoms with Crippen LogP contribution in [0.25, 0.3) is 0 Å². The number of rotatable bonds is 9. The molecule has 1 saturated heterocycles. The molecule has 156 valence electrons. The number of likely N-dealkylation sites (tertiary alicyclic amines) is 1. The molecule has 1 fully saturated rings. The molecule has 1 aliphatic rings. The summed E-state index contributed by atoms with van der Waals surface area (Å²) in [7, 11) is 0. The average molecular weight is 408 g/mol. The normalized spacial score (nSPS) is 18.7. The van der Waals surface area contributed by atoms with Crippen molar-refractivity contribution < 1.29 is 9.59 Å². The molecule has 5 nitrogen and oxygen atoms in total. The van der Waals surface area contributed by atoms with Crippen molar-refractivity contribution >= 4 is 23.4 Å². The zero-order valence-electron chi connectivity index (χ0n) is 17.3. The van der Waals surface area contributed by atoms with Gasteiger partial charge in [0.2, 0.25) is 5.91 Å². The molecule has 0 spiro atoms. The van der Waals surface area contributed by atoms with E-state index in [9.17, 15) is 9.59 Å². The SMILES string of the molecule is CC(C)[C@@H](NC(=O)c1ccccc1Cl)C(=O)NCCCCN1CCCC[C@H]1C. The van der Waals surface area contributed by atoms with Gasteiger partial charge in [-0.15, -0.1) is 0 Å². The van der Waals surface area contributed by atoms with Gasteiger partial charge in [0.05, 0.1) is 10.6 Å². The lowest BCUT2D eigenvalue weighted by Crippen LogP contribution is -2.50. The predicted octanol–water partition coefficient (Wildman–Crippen LogP) is 3.87. The summed E-state index contributed by atoms with van der Waals surface area (Å²) < 4.78 is 0. The summed E-state index contributed by atoms with van der Waals surface area (Å²) in [5.41, 5.74) is 0.387. The molecule has 0 radical (unpaired) electrons. The topological polar surface area (TPSA) is 61.4 Å². The quantitative estimate of drug-likeness (QED) is 0.611. The molecule has 1 heterocycles. The molecule has 1 aromatic carbocycles. The van der Waals surface area contributed by atoms with Crippen molar-refractivity contribution in [3.8, 4) is 0 Å². The van der Waals surface area contributed by atoms with Gasteiger partial charge in [0, 0.05) is 12.6 Å². The van der Waals surface area contributed by atoms with E-state index in [1.807, 2.05) is 13.8 Å². The van der Waals surface area contributed by atoms with Crippen LogP contribution in [0.5, 0.6) is 0 Å². The van der Waals surface area contributed by atoms with E-state index in [2.05, 4.69) is 22.5 Å². The molecule has 2 rings (SSSR count). The number of benzene rings is 1. The van der Waals surface area contributed by atoms with Crippen LogP contribution in [0.3, 0.4) is 0 Å². The second kappa shape index (κ2) is 11.4. The number of carbonyl (C=O) groups excluding carboxylic acids is 2. The van der Waals surface area contributed by atoms with Crippen LogP contribution in [0.4, 0.5) is 0 Å². The van der Waals surface area contributed by atoms with Gasteiger partial charge < -0.3 is 15.5 Å². The Labute approximate surface area is 174 Å². The fourth-order valence-corrected chi connectivity index (χ4v) is 3.87. The summed E-state index contributed by atoms with van der Waals surface area (Å²) in [5.74, 6) is -0.471. The van der Waals surface area contributed by atoms with E-state index in [1.165, 1.54) is 25.8 Å². The molecule has 0 saturated carbocycles. The van der Waals surface area contributed by atoms with Crippen molar-refractivity contribution in [3.63, 3.8) is 0 Å². The highest BCUT2D eigenvalue weighted by Crippen LogP contribution is 2.17. The van der Waals surface area contributed by atoms with Gasteiger partial charge in [0.1, 0.15) is 6.04 Å². The molecule has 28 heavy (non-hydrogen) atoms. The molecule has 0 aliphatic carbocycles. The molecule has 0 unspecified atom stereocenters. The zero-order valence-corrected chi connectivity index (χ0v) is 18.1. The summed E-state index contributed by atoms with van der Waals surface area (Å²) >= 11 is 6.09. The lowest BCUT2D eigenvalue weighted by molar-refractivity contribution is -0.123. The van der Waals surface area contributed by atoms with Crippen LogP contribution >= 0.6 is 11.6 Å². The van der Waals surface area contributed by atoms with Crippen molar-refractivity contribution in [2.75, 3.05) is 19.6 Å². The van der Waals surface area contributed by atoms with E-state index in [-0.39, 0.29) is 17.7 Å². The maximum atomic E-state index is 12.6. The van der Waals surface area contributed by atoms with Crippen LogP contribution in [0, 0.1) is 5.92 Å². The number of carbonyl (C=O) groups is 2. The molecule has 2 amide bonds.